The van der Waals surface area contributed by atoms with Crippen molar-refractivity contribution in [3.05, 3.63) is 29.8 Å². The van der Waals surface area contributed by atoms with E-state index < -0.39 is 5.97 Å². The summed E-state index contributed by atoms with van der Waals surface area (Å²) in [7, 11) is 0. The monoisotopic (exact) mass is 234 g/mol. The van der Waals surface area contributed by atoms with Crippen molar-refractivity contribution in [1.82, 2.24) is 9.78 Å². The van der Waals surface area contributed by atoms with Crippen LogP contribution in [0.5, 0.6) is 0 Å². The molecule has 0 amide bonds. The number of aldehydes is 1. The highest BCUT2D eigenvalue weighted by molar-refractivity contribution is 5.96. The standard InChI is InChI=1S/C11H10N2O4/c1-2-13-9(6-14)8(5-12-13)10-7(11(15)16)3-4-17-10/h3-6H,2H2,1H3,(H,15,16). The summed E-state index contributed by atoms with van der Waals surface area (Å²) in [6.45, 7) is 2.36. The maximum Gasteiger partial charge on any atom is 0.339 e. The van der Waals surface area contributed by atoms with Gasteiger partial charge in [0.2, 0.25) is 0 Å². The fraction of sp³-hybridized carbons (Fsp3) is 0.182. The second-order valence-corrected chi connectivity index (χ2v) is 3.35. The number of aryl methyl sites for hydroxylation is 1. The zero-order chi connectivity index (χ0) is 12.4. The number of nitrogens with zero attached hydrogens (tertiary/aromatic N) is 2. The number of aromatic nitrogens is 2. The SMILES string of the molecule is CCn1ncc(-c2occc2C(=O)O)c1C=O. The van der Waals surface area contributed by atoms with Gasteiger partial charge in [0, 0.05) is 6.54 Å². The van der Waals surface area contributed by atoms with Gasteiger partial charge in [0.1, 0.15) is 11.3 Å². The van der Waals surface area contributed by atoms with Crippen LogP contribution in [0.4, 0.5) is 0 Å². The summed E-state index contributed by atoms with van der Waals surface area (Å²) in [6, 6.07) is 1.34. The number of hydrogen-bond donors (Lipinski definition) is 1. The lowest BCUT2D eigenvalue weighted by Crippen LogP contribution is -2.02. The Labute approximate surface area is 96.5 Å². The average Bonchev–Trinajstić information content (AvgIpc) is 2.93. The molecule has 0 aliphatic carbocycles. The molecule has 0 aromatic carbocycles. The van der Waals surface area contributed by atoms with E-state index in [1.54, 1.807) is 0 Å². The fourth-order valence-corrected chi connectivity index (χ4v) is 1.63. The summed E-state index contributed by atoms with van der Waals surface area (Å²) >= 11 is 0. The Morgan fingerprint density at radius 1 is 1.65 bits per heavy atom. The fourth-order valence-electron chi connectivity index (χ4n) is 1.63. The highest BCUT2D eigenvalue weighted by Gasteiger charge is 2.20. The Balaban J connectivity index is 2.60. The van der Waals surface area contributed by atoms with Gasteiger partial charge in [-0.3, -0.25) is 9.48 Å². The van der Waals surface area contributed by atoms with Crippen LogP contribution in [0, 0.1) is 0 Å². The van der Waals surface area contributed by atoms with Crippen LogP contribution in [0.1, 0.15) is 27.8 Å². The first-order valence-corrected chi connectivity index (χ1v) is 5.01. The number of carboxylic acids is 1. The number of furan rings is 1. The minimum absolute atomic E-state index is 0.0174. The van der Waals surface area contributed by atoms with Crippen molar-refractivity contribution in [2.24, 2.45) is 0 Å². The van der Waals surface area contributed by atoms with E-state index in [2.05, 4.69) is 5.10 Å². The van der Waals surface area contributed by atoms with Crippen molar-refractivity contribution in [1.29, 1.82) is 0 Å². The number of carboxylic acid groups (broad SMARTS) is 1. The summed E-state index contributed by atoms with van der Waals surface area (Å²) in [5.74, 6) is -0.950. The van der Waals surface area contributed by atoms with Crippen LogP contribution < -0.4 is 0 Å². The molecule has 0 spiro atoms. The van der Waals surface area contributed by atoms with Crippen molar-refractivity contribution in [2.45, 2.75) is 13.5 Å². The van der Waals surface area contributed by atoms with Gasteiger partial charge < -0.3 is 9.52 Å². The van der Waals surface area contributed by atoms with E-state index >= 15 is 0 Å². The molecule has 88 valence electrons. The van der Waals surface area contributed by atoms with Gasteiger partial charge in [-0.2, -0.15) is 5.10 Å². The minimum atomic E-state index is -1.10. The maximum absolute atomic E-state index is 11.0. The second-order valence-electron chi connectivity index (χ2n) is 3.35. The second kappa shape index (κ2) is 4.25. The number of rotatable bonds is 4. The van der Waals surface area contributed by atoms with E-state index in [1.165, 1.54) is 23.2 Å². The van der Waals surface area contributed by atoms with Crippen LogP contribution in [0.15, 0.2) is 22.9 Å². The van der Waals surface area contributed by atoms with Crippen molar-refractivity contribution in [2.75, 3.05) is 0 Å². The van der Waals surface area contributed by atoms with Crippen molar-refractivity contribution in [3.8, 4) is 11.3 Å². The molecule has 6 heteroatoms. The first-order chi connectivity index (χ1) is 8.19. The highest BCUT2D eigenvalue weighted by Crippen LogP contribution is 2.27. The highest BCUT2D eigenvalue weighted by atomic mass is 16.4. The molecule has 0 bridgehead atoms. The molecule has 1 N–H and O–H groups in total. The Kier molecular flexibility index (Phi) is 2.78. The molecule has 2 aromatic heterocycles. The predicted octanol–water partition coefficient (Wildman–Crippen LogP) is 1.67. The molecule has 0 fully saturated rings. The molecule has 2 heterocycles. The van der Waals surface area contributed by atoms with Crippen molar-refractivity contribution < 1.29 is 19.1 Å². The van der Waals surface area contributed by atoms with Crippen LogP contribution in [0.3, 0.4) is 0 Å². The van der Waals surface area contributed by atoms with E-state index in [1.807, 2.05) is 6.92 Å². The number of carbonyl (C=O) groups excluding carboxylic acids is 1. The van der Waals surface area contributed by atoms with Gasteiger partial charge in [-0.05, 0) is 13.0 Å². The summed E-state index contributed by atoms with van der Waals surface area (Å²) < 4.78 is 6.60. The van der Waals surface area contributed by atoms with E-state index in [0.29, 0.717) is 24.1 Å². The zero-order valence-corrected chi connectivity index (χ0v) is 9.08. The predicted molar refractivity (Wildman–Crippen MR) is 57.9 cm³/mol. The number of carbonyl (C=O) groups is 2. The molecule has 0 aliphatic heterocycles. The quantitative estimate of drug-likeness (QED) is 0.813. The van der Waals surface area contributed by atoms with Crippen LogP contribution in [-0.4, -0.2) is 27.1 Å². The van der Waals surface area contributed by atoms with Gasteiger partial charge >= 0.3 is 5.97 Å². The van der Waals surface area contributed by atoms with Crippen LogP contribution >= 0.6 is 0 Å². The van der Waals surface area contributed by atoms with Gasteiger partial charge in [-0.15, -0.1) is 0 Å². The summed E-state index contributed by atoms with van der Waals surface area (Å²) in [5.41, 5.74) is 0.720. The molecular weight excluding hydrogens is 224 g/mol. The van der Waals surface area contributed by atoms with Gasteiger partial charge in [0.05, 0.1) is 18.0 Å². The number of hydrogen-bond acceptors (Lipinski definition) is 4. The Morgan fingerprint density at radius 3 is 3.00 bits per heavy atom. The van der Waals surface area contributed by atoms with Gasteiger partial charge in [-0.1, -0.05) is 0 Å². The zero-order valence-electron chi connectivity index (χ0n) is 9.08. The summed E-state index contributed by atoms with van der Waals surface area (Å²) in [5, 5.41) is 13.0. The topological polar surface area (TPSA) is 85.3 Å². The van der Waals surface area contributed by atoms with E-state index in [9.17, 15) is 9.59 Å². The molecule has 0 saturated carbocycles. The molecule has 2 rings (SSSR count). The largest absolute Gasteiger partial charge is 0.478 e. The van der Waals surface area contributed by atoms with E-state index in [0.717, 1.165) is 0 Å². The molecule has 2 aromatic rings. The van der Waals surface area contributed by atoms with Gasteiger partial charge in [0.15, 0.2) is 12.0 Å². The molecule has 0 saturated heterocycles. The summed E-state index contributed by atoms with van der Waals surface area (Å²) in [6.07, 6.45) is 3.34. The molecule has 6 nitrogen and oxygen atoms in total. The lowest BCUT2D eigenvalue weighted by atomic mass is 10.1. The van der Waals surface area contributed by atoms with Crippen LogP contribution in [0.2, 0.25) is 0 Å². The van der Waals surface area contributed by atoms with Gasteiger partial charge in [-0.25, -0.2) is 4.79 Å². The van der Waals surface area contributed by atoms with Gasteiger partial charge in [0.25, 0.3) is 0 Å². The third-order valence-electron chi connectivity index (χ3n) is 2.43. The molecule has 0 atom stereocenters. The molecule has 0 unspecified atom stereocenters. The third-order valence-corrected chi connectivity index (χ3v) is 2.43. The molecule has 0 radical (unpaired) electrons. The minimum Gasteiger partial charge on any atom is -0.478 e. The Morgan fingerprint density at radius 2 is 2.41 bits per heavy atom. The van der Waals surface area contributed by atoms with Crippen molar-refractivity contribution in [3.63, 3.8) is 0 Å². The lowest BCUT2D eigenvalue weighted by Gasteiger charge is -1.99. The number of aromatic carboxylic acids is 1. The maximum atomic E-state index is 11.0. The van der Waals surface area contributed by atoms with E-state index in [-0.39, 0.29) is 11.3 Å². The smallest absolute Gasteiger partial charge is 0.339 e. The third kappa shape index (κ3) is 1.73. The summed E-state index contributed by atoms with van der Waals surface area (Å²) in [4.78, 5) is 22.0. The molecule has 17 heavy (non-hydrogen) atoms. The van der Waals surface area contributed by atoms with Crippen LogP contribution in [-0.2, 0) is 6.54 Å². The normalized spacial score (nSPS) is 10.4. The Bertz CT molecular complexity index is 568. The van der Waals surface area contributed by atoms with Crippen LogP contribution in [0.25, 0.3) is 11.3 Å². The lowest BCUT2D eigenvalue weighted by molar-refractivity contribution is 0.0697. The Hall–Kier alpha value is -2.37. The van der Waals surface area contributed by atoms with E-state index in [4.69, 9.17) is 9.52 Å². The molecular formula is C11H10N2O4. The first kappa shape index (κ1) is 11.1. The molecule has 0 aliphatic rings. The average molecular weight is 234 g/mol. The van der Waals surface area contributed by atoms with Crippen molar-refractivity contribution >= 4 is 12.3 Å². The first-order valence-electron chi connectivity index (χ1n) is 5.01.